The van der Waals surface area contributed by atoms with Crippen molar-refractivity contribution in [1.29, 1.82) is 0 Å². The van der Waals surface area contributed by atoms with Gasteiger partial charge >= 0.3 is 5.97 Å². The van der Waals surface area contributed by atoms with Gasteiger partial charge in [-0.25, -0.2) is 9.37 Å². The Bertz CT molecular complexity index is 642. The van der Waals surface area contributed by atoms with Gasteiger partial charge in [0, 0.05) is 6.54 Å². The van der Waals surface area contributed by atoms with Crippen molar-refractivity contribution >= 4 is 28.8 Å². The number of imidazole rings is 1. The average molecular weight is 311 g/mol. The summed E-state index contributed by atoms with van der Waals surface area (Å²) in [7, 11) is 3.98. The summed E-state index contributed by atoms with van der Waals surface area (Å²) in [5, 5.41) is 9.36. The molecule has 0 fully saturated rings. The molecule has 21 heavy (non-hydrogen) atoms. The number of benzene rings is 1. The summed E-state index contributed by atoms with van der Waals surface area (Å²) in [4.78, 5) is 17.1. The van der Waals surface area contributed by atoms with Crippen LogP contribution in [0.15, 0.2) is 23.4 Å². The second kappa shape index (κ2) is 6.91. The number of rotatable bonds is 7. The zero-order valence-electron chi connectivity index (χ0n) is 12.0. The lowest BCUT2D eigenvalue weighted by molar-refractivity contribution is -0.133. The summed E-state index contributed by atoms with van der Waals surface area (Å²) in [6.07, 6.45) is 0.885. The molecule has 1 aromatic carbocycles. The summed E-state index contributed by atoms with van der Waals surface area (Å²) in [5.41, 5.74) is 1.01. The fourth-order valence-electron chi connectivity index (χ4n) is 2.09. The smallest absolute Gasteiger partial charge is 0.313 e. The predicted octanol–water partition coefficient (Wildman–Crippen LogP) is 2.30. The molecule has 2 aromatic rings. The molecule has 0 atom stereocenters. The molecule has 0 saturated carbocycles. The lowest BCUT2D eigenvalue weighted by Crippen LogP contribution is -2.15. The van der Waals surface area contributed by atoms with Crippen molar-refractivity contribution in [2.75, 3.05) is 26.4 Å². The first-order valence-corrected chi connectivity index (χ1v) is 7.61. The molecule has 0 aliphatic carbocycles. The monoisotopic (exact) mass is 311 g/mol. The second-order valence-corrected chi connectivity index (χ2v) is 5.94. The molecule has 0 bridgehead atoms. The first-order chi connectivity index (χ1) is 9.99. The van der Waals surface area contributed by atoms with E-state index < -0.39 is 5.97 Å². The summed E-state index contributed by atoms with van der Waals surface area (Å²) < 4.78 is 15.7. The minimum atomic E-state index is -0.910. The second-order valence-electron chi connectivity index (χ2n) is 4.99. The van der Waals surface area contributed by atoms with Crippen molar-refractivity contribution in [1.82, 2.24) is 14.5 Å². The fourth-order valence-corrected chi connectivity index (χ4v) is 2.84. The number of aliphatic carboxylic acids is 1. The van der Waals surface area contributed by atoms with Gasteiger partial charge in [-0.05, 0) is 39.2 Å². The molecule has 0 unspecified atom stereocenters. The van der Waals surface area contributed by atoms with Gasteiger partial charge in [0.05, 0.1) is 11.3 Å². The van der Waals surface area contributed by atoms with Gasteiger partial charge in [0.1, 0.15) is 5.52 Å². The van der Waals surface area contributed by atoms with Crippen molar-refractivity contribution < 1.29 is 14.3 Å². The first-order valence-electron chi connectivity index (χ1n) is 6.63. The van der Waals surface area contributed by atoms with Gasteiger partial charge in [0.15, 0.2) is 11.0 Å². The zero-order chi connectivity index (χ0) is 15.4. The zero-order valence-corrected chi connectivity index (χ0v) is 12.9. The predicted molar refractivity (Wildman–Crippen MR) is 81.2 cm³/mol. The van der Waals surface area contributed by atoms with Gasteiger partial charge in [0.2, 0.25) is 0 Å². The Hall–Kier alpha value is -1.60. The van der Waals surface area contributed by atoms with Crippen LogP contribution in [0.2, 0.25) is 0 Å². The molecule has 5 nitrogen and oxygen atoms in total. The Morgan fingerprint density at radius 2 is 2.24 bits per heavy atom. The van der Waals surface area contributed by atoms with Crippen molar-refractivity contribution in [3.63, 3.8) is 0 Å². The molecule has 0 spiro atoms. The maximum atomic E-state index is 13.8. The molecule has 1 aromatic heterocycles. The topological polar surface area (TPSA) is 58.4 Å². The lowest BCUT2D eigenvalue weighted by Gasteiger charge is -2.11. The number of carboxylic acid groups (broad SMARTS) is 1. The number of carbonyl (C=O) groups is 1. The number of carboxylic acids is 1. The number of aryl methyl sites for hydroxylation is 1. The van der Waals surface area contributed by atoms with Crippen LogP contribution in [0.1, 0.15) is 6.42 Å². The maximum Gasteiger partial charge on any atom is 0.313 e. The van der Waals surface area contributed by atoms with E-state index in [4.69, 9.17) is 5.11 Å². The Labute approximate surface area is 126 Å². The number of fused-ring (bicyclic) bond motifs is 1. The molecule has 7 heteroatoms. The highest BCUT2D eigenvalue weighted by Crippen LogP contribution is 2.26. The van der Waals surface area contributed by atoms with Crippen LogP contribution in [0.25, 0.3) is 11.0 Å². The number of para-hydroxylation sites is 1. The van der Waals surface area contributed by atoms with Crippen LogP contribution in [-0.4, -0.2) is 51.9 Å². The number of aromatic nitrogens is 2. The van der Waals surface area contributed by atoms with E-state index in [1.165, 1.54) is 6.07 Å². The van der Waals surface area contributed by atoms with Crippen LogP contribution in [0.3, 0.4) is 0 Å². The molecule has 0 aliphatic heterocycles. The molecular weight excluding hydrogens is 293 g/mol. The molecule has 2 rings (SSSR count). The van der Waals surface area contributed by atoms with Crippen LogP contribution in [0, 0.1) is 5.82 Å². The Morgan fingerprint density at radius 3 is 2.90 bits per heavy atom. The molecule has 0 amide bonds. The van der Waals surface area contributed by atoms with Gasteiger partial charge in [-0.15, -0.1) is 0 Å². The Kier molecular flexibility index (Phi) is 5.19. The number of nitrogens with zero attached hydrogens (tertiary/aromatic N) is 3. The van der Waals surface area contributed by atoms with Crippen molar-refractivity contribution in [3.8, 4) is 0 Å². The van der Waals surface area contributed by atoms with E-state index in [0.29, 0.717) is 22.7 Å². The molecule has 114 valence electrons. The van der Waals surface area contributed by atoms with E-state index in [1.807, 2.05) is 24.7 Å². The minimum Gasteiger partial charge on any atom is -0.481 e. The van der Waals surface area contributed by atoms with E-state index in [9.17, 15) is 9.18 Å². The minimum absolute atomic E-state index is 0.0847. The fraction of sp³-hybridized carbons (Fsp3) is 0.429. The summed E-state index contributed by atoms with van der Waals surface area (Å²) >= 11 is 1.12. The Balaban J connectivity index is 2.30. The van der Waals surface area contributed by atoms with Gasteiger partial charge in [-0.2, -0.15) is 0 Å². The maximum absolute atomic E-state index is 13.8. The number of thioether (sulfide) groups is 1. The Morgan fingerprint density at radius 1 is 1.48 bits per heavy atom. The van der Waals surface area contributed by atoms with Gasteiger partial charge < -0.3 is 14.6 Å². The molecule has 0 aliphatic rings. The molecule has 1 heterocycles. The van der Waals surface area contributed by atoms with E-state index in [1.54, 1.807) is 6.07 Å². The quantitative estimate of drug-likeness (QED) is 0.795. The summed E-state index contributed by atoms with van der Waals surface area (Å²) in [6, 6.07) is 4.82. The number of halogens is 1. The van der Waals surface area contributed by atoms with Crippen molar-refractivity contribution in [2.24, 2.45) is 0 Å². The summed E-state index contributed by atoms with van der Waals surface area (Å²) in [5.74, 6) is -1.37. The lowest BCUT2D eigenvalue weighted by atomic mass is 10.3. The number of hydrogen-bond acceptors (Lipinski definition) is 4. The van der Waals surface area contributed by atoms with Crippen LogP contribution < -0.4 is 0 Å². The standard InChI is InChI=1S/C14H18FN3O2S/c1-17(2)7-4-8-18-11-6-3-5-10(15)13(11)16-14(18)21-9-12(19)20/h3,5-6H,4,7-9H2,1-2H3,(H,19,20). The largest absolute Gasteiger partial charge is 0.481 e. The van der Waals surface area contributed by atoms with Gasteiger partial charge in [-0.1, -0.05) is 17.8 Å². The average Bonchev–Trinajstić information content (AvgIpc) is 2.76. The van der Waals surface area contributed by atoms with E-state index in [-0.39, 0.29) is 11.6 Å². The van der Waals surface area contributed by atoms with Crippen LogP contribution >= 0.6 is 11.8 Å². The van der Waals surface area contributed by atoms with Gasteiger partial charge in [0.25, 0.3) is 0 Å². The van der Waals surface area contributed by atoms with Crippen LogP contribution in [-0.2, 0) is 11.3 Å². The summed E-state index contributed by atoms with van der Waals surface area (Å²) in [6.45, 7) is 1.58. The van der Waals surface area contributed by atoms with Crippen LogP contribution in [0.4, 0.5) is 4.39 Å². The third-order valence-electron chi connectivity index (χ3n) is 3.01. The first kappa shape index (κ1) is 15.8. The van der Waals surface area contributed by atoms with Crippen molar-refractivity contribution in [2.45, 2.75) is 18.1 Å². The van der Waals surface area contributed by atoms with Crippen LogP contribution in [0.5, 0.6) is 0 Å². The van der Waals surface area contributed by atoms with Gasteiger partial charge in [-0.3, -0.25) is 4.79 Å². The molecule has 1 N–H and O–H groups in total. The highest BCUT2D eigenvalue weighted by molar-refractivity contribution is 7.99. The van der Waals surface area contributed by atoms with E-state index in [0.717, 1.165) is 24.7 Å². The van der Waals surface area contributed by atoms with E-state index >= 15 is 0 Å². The highest BCUT2D eigenvalue weighted by Gasteiger charge is 2.15. The third kappa shape index (κ3) is 3.95. The third-order valence-corrected chi connectivity index (χ3v) is 3.97. The molecule has 0 saturated heterocycles. The molecule has 0 radical (unpaired) electrons. The number of hydrogen-bond donors (Lipinski definition) is 1. The van der Waals surface area contributed by atoms with Crippen molar-refractivity contribution in [3.05, 3.63) is 24.0 Å². The molecular formula is C14H18FN3O2S. The SMILES string of the molecule is CN(C)CCCn1c(SCC(=O)O)nc2c(F)cccc21. The highest BCUT2D eigenvalue weighted by atomic mass is 32.2. The van der Waals surface area contributed by atoms with E-state index in [2.05, 4.69) is 9.88 Å². The normalized spacial score (nSPS) is 11.4.